The molecule has 6 nitrogen and oxygen atoms in total. The fourth-order valence-electron chi connectivity index (χ4n) is 2.79. The number of fused-ring (bicyclic) bond motifs is 1. The molecule has 0 aromatic heterocycles. The zero-order chi connectivity index (χ0) is 16.4. The quantitative estimate of drug-likeness (QED) is 0.839. The first-order chi connectivity index (χ1) is 11.2. The highest BCUT2D eigenvalue weighted by Gasteiger charge is 2.37. The minimum atomic E-state index is -0.391. The lowest BCUT2D eigenvalue weighted by molar-refractivity contribution is -0.134. The fraction of sp³-hybridized carbons (Fsp3) is 0.500. The van der Waals surface area contributed by atoms with Gasteiger partial charge >= 0.3 is 0 Å². The number of benzene rings is 1. The second-order valence-electron chi connectivity index (χ2n) is 5.37. The van der Waals surface area contributed by atoms with Gasteiger partial charge in [0, 0.05) is 24.4 Å². The summed E-state index contributed by atoms with van der Waals surface area (Å²) in [5.41, 5.74) is 0.522. The molecule has 2 aliphatic heterocycles. The van der Waals surface area contributed by atoms with Crippen LogP contribution in [0.15, 0.2) is 18.2 Å². The van der Waals surface area contributed by atoms with E-state index in [4.69, 9.17) is 9.47 Å². The van der Waals surface area contributed by atoms with E-state index in [0.29, 0.717) is 41.8 Å². The van der Waals surface area contributed by atoms with Gasteiger partial charge in [0.1, 0.15) is 6.04 Å². The summed E-state index contributed by atoms with van der Waals surface area (Å²) < 4.78 is 10.6. The molecule has 0 radical (unpaired) electrons. The summed E-state index contributed by atoms with van der Waals surface area (Å²) in [5, 5.41) is 0. The first kappa shape index (κ1) is 16.0. The van der Waals surface area contributed by atoms with Gasteiger partial charge in [-0.3, -0.25) is 9.59 Å². The van der Waals surface area contributed by atoms with Crippen LogP contribution in [0, 0.1) is 0 Å². The van der Waals surface area contributed by atoms with Gasteiger partial charge in [0.25, 0.3) is 5.91 Å². The normalized spacial score (nSPS) is 19.0. The number of amides is 2. The monoisotopic (exact) mass is 336 g/mol. The highest BCUT2D eigenvalue weighted by atomic mass is 32.2. The van der Waals surface area contributed by atoms with Gasteiger partial charge in [0.15, 0.2) is 11.5 Å². The second-order valence-corrected chi connectivity index (χ2v) is 6.37. The Balaban J connectivity index is 1.79. The maximum Gasteiger partial charge on any atom is 0.255 e. The molecule has 0 saturated carbocycles. The average Bonchev–Trinajstić information content (AvgIpc) is 3.23. The Kier molecular flexibility index (Phi) is 4.66. The minimum Gasteiger partial charge on any atom is -0.454 e. The van der Waals surface area contributed by atoms with E-state index in [0.717, 1.165) is 0 Å². The Bertz CT molecular complexity index is 618. The van der Waals surface area contributed by atoms with Crippen LogP contribution >= 0.6 is 11.8 Å². The molecule has 7 heteroatoms. The van der Waals surface area contributed by atoms with Crippen molar-refractivity contribution in [2.75, 3.05) is 31.5 Å². The molecular weight excluding hydrogens is 316 g/mol. The summed E-state index contributed by atoms with van der Waals surface area (Å²) in [6.07, 6.45) is 0. The van der Waals surface area contributed by atoms with Gasteiger partial charge in [0.2, 0.25) is 12.7 Å². The summed E-state index contributed by atoms with van der Waals surface area (Å²) in [4.78, 5) is 28.9. The topological polar surface area (TPSA) is 59.1 Å². The summed E-state index contributed by atoms with van der Waals surface area (Å²) in [7, 11) is 0. The van der Waals surface area contributed by atoms with E-state index < -0.39 is 6.04 Å². The van der Waals surface area contributed by atoms with Crippen LogP contribution in [0.25, 0.3) is 0 Å². The van der Waals surface area contributed by atoms with Crippen LogP contribution in [0.5, 0.6) is 11.5 Å². The van der Waals surface area contributed by atoms with Crippen molar-refractivity contribution in [3.63, 3.8) is 0 Å². The van der Waals surface area contributed by atoms with Crippen molar-refractivity contribution in [3.8, 4) is 11.5 Å². The summed E-state index contributed by atoms with van der Waals surface area (Å²) in [6.45, 7) is 5.39. The highest BCUT2D eigenvalue weighted by molar-refractivity contribution is 7.99. The third-order valence-corrected chi connectivity index (χ3v) is 5.14. The smallest absolute Gasteiger partial charge is 0.255 e. The van der Waals surface area contributed by atoms with Crippen LogP contribution in [0.3, 0.4) is 0 Å². The molecule has 0 N–H and O–H groups in total. The van der Waals surface area contributed by atoms with Crippen molar-refractivity contribution >= 4 is 23.6 Å². The van der Waals surface area contributed by atoms with Crippen LogP contribution in [-0.2, 0) is 4.79 Å². The molecule has 3 rings (SSSR count). The number of carbonyl (C=O) groups excluding carboxylic acids is 2. The third-order valence-electron chi connectivity index (χ3n) is 4.12. The van der Waals surface area contributed by atoms with E-state index in [1.165, 1.54) is 0 Å². The minimum absolute atomic E-state index is 0.0223. The van der Waals surface area contributed by atoms with Crippen molar-refractivity contribution in [2.24, 2.45) is 0 Å². The predicted octanol–water partition coefficient (Wildman–Crippen LogP) is 1.80. The average molecular weight is 336 g/mol. The Morgan fingerprint density at radius 2 is 2.00 bits per heavy atom. The Hall–Kier alpha value is -1.89. The van der Waals surface area contributed by atoms with Crippen LogP contribution in [0.2, 0.25) is 0 Å². The van der Waals surface area contributed by atoms with E-state index in [9.17, 15) is 9.59 Å². The van der Waals surface area contributed by atoms with Gasteiger partial charge in [-0.15, -0.1) is 11.8 Å². The number of carbonyl (C=O) groups is 2. The number of hydrogen-bond donors (Lipinski definition) is 0. The number of rotatable bonds is 4. The number of nitrogens with zero attached hydrogens (tertiary/aromatic N) is 2. The van der Waals surface area contributed by atoms with Crippen LogP contribution in [0.4, 0.5) is 0 Å². The molecule has 2 aliphatic rings. The van der Waals surface area contributed by atoms with Crippen molar-refractivity contribution in [1.82, 2.24) is 9.80 Å². The molecule has 0 spiro atoms. The zero-order valence-corrected chi connectivity index (χ0v) is 14.1. The van der Waals surface area contributed by atoms with Crippen molar-refractivity contribution in [3.05, 3.63) is 23.8 Å². The van der Waals surface area contributed by atoms with Gasteiger partial charge in [-0.1, -0.05) is 0 Å². The van der Waals surface area contributed by atoms with E-state index in [1.54, 1.807) is 39.8 Å². The van der Waals surface area contributed by atoms with E-state index in [-0.39, 0.29) is 18.6 Å². The van der Waals surface area contributed by atoms with Crippen LogP contribution in [0.1, 0.15) is 24.2 Å². The first-order valence-electron chi connectivity index (χ1n) is 7.72. The molecule has 2 amide bonds. The lowest BCUT2D eigenvalue weighted by Crippen LogP contribution is -2.48. The molecule has 0 aliphatic carbocycles. The highest BCUT2D eigenvalue weighted by Crippen LogP contribution is 2.33. The van der Waals surface area contributed by atoms with Crippen LogP contribution in [-0.4, -0.2) is 59.2 Å². The SMILES string of the molecule is CCN(CC)C(=O)[C@H]1CSCN1C(=O)c1ccc2c(c1)OCO2. The zero-order valence-electron chi connectivity index (χ0n) is 13.3. The molecule has 1 atom stereocenters. The molecule has 2 heterocycles. The molecule has 1 saturated heterocycles. The lowest BCUT2D eigenvalue weighted by Gasteiger charge is -2.28. The van der Waals surface area contributed by atoms with Gasteiger partial charge in [-0.25, -0.2) is 0 Å². The predicted molar refractivity (Wildman–Crippen MR) is 87.8 cm³/mol. The Morgan fingerprint density at radius 3 is 2.74 bits per heavy atom. The summed E-state index contributed by atoms with van der Waals surface area (Å²) >= 11 is 1.61. The largest absolute Gasteiger partial charge is 0.454 e. The molecule has 0 bridgehead atoms. The van der Waals surface area contributed by atoms with Gasteiger partial charge in [-0.05, 0) is 32.0 Å². The number of likely N-dealkylation sites (N-methyl/N-ethyl adjacent to an activating group) is 1. The number of hydrogen-bond acceptors (Lipinski definition) is 5. The summed E-state index contributed by atoms with van der Waals surface area (Å²) in [6, 6.07) is 4.75. The Labute approximate surface area is 139 Å². The molecule has 124 valence electrons. The van der Waals surface area contributed by atoms with Gasteiger partial charge in [0.05, 0.1) is 5.88 Å². The first-order valence-corrected chi connectivity index (χ1v) is 8.88. The van der Waals surface area contributed by atoms with Gasteiger partial charge in [-0.2, -0.15) is 0 Å². The fourth-order valence-corrected chi connectivity index (χ4v) is 3.93. The number of thioether (sulfide) groups is 1. The standard InChI is InChI=1S/C16H20N2O4S/c1-3-17(4-2)16(20)12-8-23-9-18(12)15(19)11-5-6-13-14(7-11)22-10-21-13/h5-7,12H,3-4,8-10H2,1-2H3/t12-/m1/s1. The molecule has 23 heavy (non-hydrogen) atoms. The van der Waals surface area contributed by atoms with E-state index in [2.05, 4.69) is 0 Å². The van der Waals surface area contributed by atoms with Crippen molar-refractivity contribution in [2.45, 2.75) is 19.9 Å². The Morgan fingerprint density at radius 1 is 1.26 bits per heavy atom. The maximum atomic E-state index is 12.8. The van der Waals surface area contributed by atoms with Crippen molar-refractivity contribution < 1.29 is 19.1 Å². The van der Waals surface area contributed by atoms with E-state index >= 15 is 0 Å². The third kappa shape index (κ3) is 2.97. The van der Waals surface area contributed by atoms with Crippen LogP contribution < -0.4 is 9.47 Å². The lowest BCUT2D eigenvalue weighted by atomic mass is 10.1. The molecule has 1 aromatic rings. The number of ether oxygens (including phenoxy) is 2. The molecule has 1 fully saturated rings. The van der Waals surface area contributed by atoms with E-state index in [1.807, 2.05) is 13.8 Å². The molecule has 1 aromatic carbocycles. The second kappa shape index (κ2) is 6.70. The van der Waals surface area contributed by atoms with Gasteiger partial charge < -0.3 is 19.3 Å². The summed E-state index contributed by atoms with van der Waals surface area (Å²) in [5.74, 6) is 2.28. The maximum absolute atomic E-state index is 12.8. The van der Waals surface area contributed by atoms with Crippen molar-refractivity contribution in [1.29, 1.82) is 0 Å². The molecular formula is C16H20N2O4S. The molecule has 0 unspecified atom stereocenters.